The summed E-state index contributed by atoms with van der Waals surface area (Å²) in [4.78, 5) is 38.4. The first-order valence-corrected chi connectivity index (χ1v) is 14.4. The molecule has 2 aromatic carbocycles. The second-order valence-corrected chi connectivity index (χ2v) is 15.0. The van der Waals surface area contributed by atoms with Crippen molar-refractivity contribution in [2.45, 2.75) is 57.9 Å². The minimum atomic E-state index is -2.86. The second-order valence-electron chi connectivity index (χ2n) is 10.7. The van der Waals surface area contributed by atoms with E-state index in [0.29, 0.717) is 12.0 Å². The molecule has 0 bridgehead atoms. The van der Waals surface area contributed by atoms with Crippen molar-refractivity contribution in [3.63, 3.8) is 0 Å². The van der Waals surface area contributed by atoms with Gasteiger partial charge in [-0.2, -0.15) is 0 Å². The molecule has 0 amide bonds. The number of H-pyrrole nitrogens is 1. The summed E-state index contributed by atoms with van der Waals surface area (Å²) in [5, 5.41) is 11.6. The average Bonchev–Trinajstić information content (AvgIpc) is 3.24. The minimum absolute atomic E-state index is 0.109. The minimum Gasteiger partial charge on any atom is -0.481 e. The molecule has 37 heavy (non-hydrogen) atoms. The third-order valence-corrected chi connectivity index (χ3v) is 12.1. The lowest BCUT2D eigenvalue weighted by Gasteiger charge is -2.43. The first kappa shape index (κ1) is 26.8. The van der Waals surface area contributed by atoms with Crippen LogP contribution in [0.25, 0.3) is 0 Å². The number of nitrogens with zero attached hydrogens (tertiary/aromatic N) is 1. The highest BCUT2D eigenvalue weighted by Gasteiger charge is 2.51. The lowest BCUT2D eigenvalue weighted by molar-refractivity contribution is -0.138. The number of benzene rings is 2. The lowest BCUT2D eigenvalue weighted by Crippen LogP contribution is -2.67. The van der Waals surface area contributed by atoms with E-state index in [1.165, 1.54) is 10.8 Å². The van der Waals surface area contributed by atoms with E-state index in [0.717, 1.165) is 10.4 Å². The molecule has 3 atom stereocenters. The molecular formula is C28H34N2O6Si. The van der Waals surface area contributed by atoms with Crippen LogP contribution >= 0.6 is 0 Å². The van der Waals surface area contributed by atoms with Crippen LogP contribution in [0.3, 0.4) is 0 Å². The third-order valence-electron chi connectivity index (χ3n) is 7.14. The maximum Gasteiger partial charge on any atom is 0.330 e. The van der Waals surface area contributed by atoms with Gasteiger partial charge in [-0.1, -0.05) is 81.4 Å². The van der Waals surface area contributed by atoms with Crippen molar-refractivity contribution in [1.82, 2.24) is 9.55 Å². The molecule has 0 spiro atoms. The zero-order valence-electron chi connectivity index (χ0n) is 21.6. The SMILES string of the molecule is Cc1cn([C@H]2C[C@H](CC(=O)O)[C@@H](CO[Si](c3ccccc3)(c3ccccc3)C(C)(C)C)O2)c(=O)[nH]c1=O. The van der Waals surface area contributed by atoms with Crippen LogP contribution in [-0.4, -0.2) is 41.7 Å². The van der Waals surface area contributed by atoms with E-state index in [1.807, 2.05) is 36.4 Å². The fourth-order valence-corrected chi connectivity index (χ4v) is 9.91. The largest absolute Gasteiger partial charge is 0.481 e. The van der Waals surface area contributed by atoms with Gasteiger partial charge < -0.3 is 14.3 Å². The zero-order chi connectivity index (χ0) is 26.8. The van der Waals surface area contributed by atoms with Gasteiger partial charge in [0, 0.05) is 17.7 Å². The van der Waals surface area contributed by atoms with Gasteiger partial charge in [-0.25, -0.2) is 4.79 Å². The Balaban J connectivity index is 1.71. The molecule has 1 saturated heterocycles. The Morgan fingerprint density at radius 3 is 2.16 bits per heavy atom. The predicted molar refractivity (Wildman–Crippen MR) is 144 cm³/mol. The van der Waals surface area contributed by atoms with E-state index in [1.54, 1.807) is 6.92 Å². The molecule has 1 aromatic heterocycles. The summed E-state index contributed by atoms with van der Waals surface area (Å²) in [6.45, 7) is 8.32. The Morgan fingerprint density at radius 2 is 1.65 bits per heavy atom. The van der Waals surface area contributed by atoms with Gasteiger partial charge in [0.05, 0.1) is 19.1 Å². The standard InChI is InChI=1S/C28H34N2O6Si/c1-19-17-30(27(34)29-26(19)33)24-15-20(16-25(31)32)23(36-24)18-35-37(28(2,3)4,21-11-7-5-8-12-21)22-13-9-6-10-14-22/h5-14,17,20,23-24H,15-16,18H2,1-4H3,(H,31,32)(H,29,33,34)/t20-,23-,24-/m1/s1. The van der Waals surface area contributed by atoms with Gasteiger partial charge >= 0.3 is 11.7 Å². The van der Waals surface area contributed by atoms with Crippen molar-refractivity contribution in [3.8, 4) is 0 Å². The molecule has 2 heterocycles. The topological polar surface area (TPSA) is 111 Å². The first-order chi connectivity index (χ1) is 17.5. The Labute approximate surface area is 217 Å². The van der Waals surface area contributed by atoms with Crippen LogP contribution in [0.1, 0.15) is 45.4 Å². The van der Waals surface area contributed by atoms with E-state index < -0.39 is 37.9 Å². The van der Waals surface area contributed by atoms with E-state index >= 15 is 0 Å². The summed E-state index contributed by atoms with van der Waals surface area (Å²) in [5.74, 6) is -1.30. The van der Waals surface area contributed by atoms with Gasteiger partial charge in [-0.15, -0.1) is 0 Å². The van der Waals surface area contributed by atoms with Crippen molar-refractivity contribution >= 4 is 24.7 Å². The molecule has 8 nitrogen and oxygen atoms in total. The molecular weight excluding hydrogens is 488 g/mol. The Morgan fingerprint density at radius 1 is 1.08 bits per heavy atom. The highest BCUT2D eigenvalue weighted by molar-refractivity contribution is 6.99. The van der Waals surface area contributed by atoms with Gasteiger partial charge in [0.15, 0.2) is 0 Å². The second kappa shape index (κ2) is 10.6. The Bertz CT molecular complexity index is 1310. The highest BCUT2D eigenvalue weighted by atomic mass is 28.4. The number of carboxylic acid groups (broad SMARTS) is 1. The number of carbonyl (C=O) groups is 1. The smallest absolute Gasteiger partial charge is 0.330 e. The predicted octanol–water partition coefficient (Wildman–Crippen LogP) is 2.80. The zero-order valence-corrected chi connectivity index (χ0v) is 22.6. The number of hydrogen-bond donors (Lipinski definition) is 2. The van der Waals surface area contributed by atoms with Crippen LogP contribution in [0.5, 0.6) is 0 Å². The van der Waals surface area contributed by atoms with E-state index in [4.69, 9.17) is 9.16 Å². The fourth-order valence-electron chi connectivity index (χ4n) is 5.34. The van der Waals surface area contributed by atoms with E-state index in [-0.39, 0.29) is 24.0 Å². The molecule has 0 saturated carbocycles. The van der Waals surface area contributed by atoms with Crippen molar-refractivity contribution in [2.24, 2.45) is 5.92 Å². The number of aryl methyl sites for hydroxylation is 1. The molecule has 0 radical (unpaired) electrons. The molecule has 3 aromatic rings. The third kappa shape index (κ3) is 5.39. The van der Waals surface area contributed by atoms with Crippen molar-refractivity contribution < 1.29 is 19.1 Å². The molecule has 4 rings (SSSR count). The van der Waals surface area contributed by atoms with Crippen LogP contribution in [0, 0.1) is 12.8 Å². The lowest BCUT2D eigenvalue weighted by atomic mass is 9.97. The molecule has 1 aliphatic rings. The molecule has 1 aliphatic heterocycles. The number of rotatable bonds is 8. The molecule has 0 unspecified atom stereocenters. The van der Waals surface area contributed by atoms with Crippen molar-refractivity contribution in [3.05, 3.63) is 93.3 Å². The highest BCUT2D eigenvalue weighted by Crippen LogP contribution is 2.39. The Hall–Kier alpha value is -3.27. The van der Waals surface area contributed by atoms with Crippen LogP contribution in [0.4, 0.5) is 0 Å². The maximum absolute atomic E-state index is 12.5. The van der Waals surface area contributed by atoms with Crippen LogP contribution in [-0.2, 0) is 14.0 Å². The Kier molecular flexibility index (Phi) is 7.68. The number of ether oxygens (including phenoxy) is 1. The number of aromatic nitrogens is 2. The fraction of sp³-hybridized carbons (Fsp3) is 0.393. The summed E-state index contributed by atoms with van der Waals surface area (Å²) in [6.07, 6.45) is 0.450. The summed E-state index contributed by atoms with van der Waals surface area (Å²) < 4.78 is 14.6. The molecule has 9 heteroatoms. The van der Waals surface area contributed by atoms with Gasteiger partial charge in [-0.3, -0.25) is 19.1 Å². The first-order valence-electron chi connectivity index (χ1n) is 12.5. The monoisotopic (exact) mass is 522 g/mol. The van der Waals surface area contributed by atoms with Crippen molar-refractivity contribution in [1.29, 1.82) is 0 Å². The van der Waals surface area contributed by atoms with Crippen LogP contribution < -0.4 is 21.6 Å². The normalized spacial score (nSPS) is 20.2. The number of nitrogens with one attached hydrogen (secondary N) is 1. The summed E-state index contributed by atoms with van der Waals surface area (Å²) in [6, 6.07) is 20.4. The summed E-state index contributed by atoms with van der Waals surface area (Å²) >= 11 is 0. The number of aromatic amines is 1. The van der Waals surface area contributed by atoms with Gasteiger partial charge in [0.1, 0.15) is 6.23 Å². The van der Waals surface area contributed by atoms with Gasteiger partial charge in [0.2, 0.25) is 0 Å². The number of aliphatic carboxylic acids is 1. The average molecular weight is 523 g/mol. The van der Waals surface area contributed by atoms with E-state index in [2.05, 4.69) is 50.0 Å². The van der Waals surface area contributed by atoms with Gasteiger partial charge in [-0.05, 0) is 28.8 Å². The quantitative estimate of drug-likeness (QED) is 0.440. The van der Waals surface area contributed by atoms with E-state index in [9.17, 15) is 19.5 Å². The summed E-state index contributed by atoms with van der Waals surface area (Å²) in [5.41, 5.74) is -0.652. The number of hydrogen-bond acceptors (Lipinski definition) is 5. The van der Waals surface area contributed by atoms with Crippen LogP contribution in [0.15, 0.2) is 76.4 Å². The van der Waals surface area contributed by atoms with Gasteiger partial charge in [0.25, 0.3) is 13.9 Å². The molecule has 196 valence electrons. The van der Waals surface area contributed by atoms with Crippen LogP contribution in [0.2, 0.25) is 5.04 Å². The maximum atomic E-state index is 12.5. The van der Waals surface area contributed by atoms with Crippen molar-refractivity contribution in [2.75, 3.05) is 6.61 Å². The summed E-state index contributed by atoms with van der Waals surface area (Å²) in [7, 11) is -2.86. The molecule has 1 fully saturated rings. The number of carboxylic acids is 1. The molecule has 2 N–H and O–H groups in total. The molecule has 0 aliphatic carbocycles.